The van der Waals surface area contributed by atoms with Crippen molar-refractivity contribution in [3.05, 3.63) is 60.2 Å². The molecule has 0 spiro atoms. The first-order valence-electron chi connectivity index (χ1n) is 14.5. The van der Waals surface area contributed by atoms with Crippen molar-refractivity contribution in [3.63, 3.8) is 0 Å². The molecule has 2 aromatic carbocycles. The Kier molecular flexibility index (Phi) is 15.8. The van der Waals surface area contributed by atoms with E-state index < -0.39 is 69.2 Å². The molecule has 1 unspecified atom stereocenters. The Morgan fingerprint density at radius 1 is 0.773 bits per heavy atom. The summed E-state index contributed by atoms with van der Waals surface area (Å²) in [6.07, 6.45) is -0.320. The molecule has 0 aliphatic heterocycles. The number of benzene rings is 2. The Labute approximate surface area is 258 Å². The zero-order valence-corrected chi connectivity index (χ0v) is 26.8. The third-order valence-corrected chi connectivity index (χ3v) is 7.69. The zero-order valence-electron chi connectivity index (χ0n) is 25.9. The van der Waals surface area contributed by atoms with Crippen molar-refractivity contribution >= 4 is 31.4 Å². The van der Waals surface area contributed by atoms with E-state index in [0.717, 1.165) is 16.7 Å². The van der Waals surface area contributed by atoms with Crippen LogP contribution in [-0.4, -0.2) is 62.9 Å². The molecule has 2 rings (SSSR count). The molecular weight excluding hydrogens is 591 g/mol. The lowest BCUT2D eigenvalue weighted by Crippen LogP contribution is -2.46. The van der Waals surface area contributed by atoms with Crippen LogP contribution >= 0.6 is 7.60 Å². The summed E-state index contributed by atoms with van der Waals surface area (Å²) < 4.78 is 39.1. The van der Waals surface area contributed by atoms with Gasteiger partial charge in [-0.2, -0.15) is 0 Å². The minimum absolute atomic E-state index is 0.0226. The van der Waals surface area contributed by atoms with Gasteiger partial charge in [-0.15, -0.1) is 0 Å². The van der Waals surface area contributed by atoms with Crippen LogP contribution in [0.1, 0.15) is 46.6 Å². The van der Waals surface area contributed by atoms with Crippen molar-refractivity contribution in [2.24, 2.45) is 11.8 Å². The average Bonchev–Trinajstić information content (AvgIpc) is 2.99. The molecule has 0 heterocycles. The van der Waals surface area contributed by atoms with Crippen molar-refractivity contribution in [3.8, 4) is 11.1 Å². The summed E-state index contributed by atoms with van der Waals surface area (Å²) >= 11 is 0. The molecule has 0 saturated heterocycles. The van der Waals surface area contributed by atoms with Gasteiger partial charge in [0.25, 0.3) is 0 Å². The van der Waals surface area contributed by atoms with Crippen LogP contribution in [0.25, 0.3) is 11.1 Å². The smallest absolute Gasteiger partial charge is 0.350 e. The molecule has 2 aromatic rings. The number of amides is 1. The monoisotopic (exact) mass is 634 g/mol. The van der Waals surface area contributed by atoms with E-state index in [-0.39, 0.29) is 26.0 Å². The fraction of sp³-hybridized carbons (Fsp3) is 0.484. The summed E-state index contributed by atoms with van der Waals surface area (Å²) in [6, 6.07) is 16.5. The van der Waals surface area contributed by atoms with Gasteiger partial charge in [-0.05, 0) is 30.0 Å². The number of hydrogen-bond acceptors (Lipinski definition) is 11. The number of ether oxygens (including phenoxy) is 3. The molecule has 0 aliphatic carbocycles. The lowest BCUT2D eigenvalue weighted by Gasteiger charge is -2.23. The number of rotatable bonds is 19. The van der Waals surface area contributed by atoms with Gasteiger partial charge in [0.05, 0.1) is 37.2 Å². The van der Waals surface area contributed by atoms with Crippen LogP contribution < -0.4 is 10.6 Å². The van der Waals surface area contributed by atoms with Gasteiger partial charge in [0, 0.05) is 6.54 Å². The van der Waals surface area contributed by atoms with Crippen LogP contribution in [0.2, 0.25) is 0 Å². The maximum atomic E-state index is 13.6. The van der Waals surface area contributed by atoms with Gasteiger partial charge < -0.3 is 19.5 Å². The Bertz CT molecular complexity index is 1220. The second-order valence-electron chi connectivity index (χ2n) is 10.4. The van der Waals surface area contributed by atoms with Crippen LogP contribution in [-0.2, 0) is 53.4 Å². The number of carbonyl (C=O) groups excluding carboxylic acids is 4. The molecule has 1 amide bonds. The molecule has 0 radical (unpaired) electrons. The Morgan fingerprint density at radius 2 is 1.32 bits per heavy atom. The topological polar surface area (TPSA) is 156 Å². The summed E-state index contributed by atoms with van der Waals surface area (Å²) in [5.74, 6) is -2.96. The van der Waals surface area contributed by atoms with Gasteiger partial charge in [-0.1, -0.05) is 82.3 Å². The quantitative estimate of drug-likeness (QED) is 0.0976. The second-order valence-corrected chi connectivity index (χ2v) is 12.4. The molecule has 0 aliphatic rings. The van der Waals surface area contributed by atoms with Crippen molar-refractivity contribution < 1.29 is 47.0 Å². The van der Waals surface area contributed by atoms with E-state index in [9.17, 15) is 23.7 Å². The molecule has 12 nitrogen and oxygen atoms in total. The van der Waals surface area contributed by atoms with Crippen molar-refractivity contribution in [2.75, 3.05) is 33.0 Å². The van der Waals surface area contributed by atoms with E-state index in [0.29, 0.717) is 0 Å². The second kappa shape index (κ2) is 19.0. The maximum Gasteiger partial charge on any atom is 0.350 e. The molecule has 0 aromatic heterocycles. The molecule has 1 atom stereocenters. The highest BCUT2D eigenvalue weighted by Gasteiger charge is 2.30. The minimum atomic E-state index is -4.11. The molecule has 13 heteroatoms. The zero-order chi connectivity index (χ0) is 32.5. The van der Waals surface area contributed by atoms with Crippen LogP contribution in [0.4, 0.5) is 0 Å². The molecule has 2 N–H and O–H groups in total. The predicted molar refractivity (Wildman–Crippen MR) is 163 cm³/mol. The standard InChI is InChI=1S/C31H43N2O10P/c1-6-39-28(34)16-17-32-29(35)27(18-24-12-14-26(15-13-24)25-10-8-7-9-11-25)33-19-44(38,42-20-40-30(36)22(2)3)43-21-41-31(37)23(4)5/h7-15,22-23,27,33H,6,16-21H2,1-5H3,(H,32,35). The lowest BCUT2D eigenvalue weighted by molar-refractivity contribution is -0.156. The summed E-state index contributed by atoms with van der Waals surface area (Å²) in [6.45, 7) is 7.11. The molecular formula is C31H43N2O10P. The van der Waals surface area contributed by atoms with Gasteiger partial charge in [0.15, 0.2) is 0 Å². The van der Waals surface area contributed by atoms with Gasteiger partial charge in [-0.3, -0.25) is 38.1 Å². The van der Waals surface area contributed by atoms with E-state index in [1.54, 1.807) is 34.6 Å². The van der Waals surface area contributed by atoms with Crippen LogP contribution in [0.15, 0.2) is 54.6 Å². The molecule has 44 heavy (non-hydrogen) atoms. The molecule has 242 valence electrons. The van der Waals surface area contributed by atoms with Crippen LogP contribution in [0.5, 0.6) is 0 Å². The first-order chi connectivity index (χ1) is 20.9. The van der Waals surface area contributed by atoms with Gasteiger partial charge in [0.1, 0.15) is 0 Å². The Hall–Kier alpha value is -3.57. The fourth-order valence-electron chi connectivity index (χ4n) is 3.61. The highest BCUT2D eigenvalue weighted by molar-refractivity contribution is 7.53. The number of nitrogens with one attached hydrogen (secondary N) is 2. The summed E-state index contributed by atoms with van der Waals surface area (Å²) in [5.41, 5.74) is 2.84. The number of carbonyl (C=O) groups is 4. The molecule has 0 saturated carbocycles. The van der Waals surface area contributed by atoms with Crippen molar-refractivity contribution in [1.29, 1.82) is 0 Å². The third kappa shape index (κ3) is 13.4. The number of esters is 3. The summed E-state index contributed by atoms with van der Waals surface area (Å²) in [5, 5.41) is 5.61. The van der Waals surface area contributed by atoms with Gasteiger partial charge in [0.2, 0.25) is 19.5 Å². The largest absolute Gasteiger partial charge is 0.466 e. The van der Waals surface area contributed by atoms with Crippen molar-refractivity contribution in [2.45, 2.75) is 53.5 Å². The predicted octanol–water partition coefficient (Wildman–Crippen LogP) is 4.42. The third-order valence-electron chi connectivity index (χ3n) is 6.13. The summed E-state index contributed by atoms with van der Waals surface area (Å²) in [7, 11) is -4.11. The van der Waals surface area contributed by atoms with E-state index in [4.69, 9.17) is 23.3 Å². The van der Waals surface area contributed by atoms with Crippen LogP contribution in [0, 0.1) is 11.8 Å². The summed E-state index contributed by atoms with van der Waals surface area (Å²) in [4.78, 5) is 48.7. The lowest BCUT2D eigenvalue weighted by atomic mass is 10.0. The van der Waals surface area contributed by atoms with Gasteiger partial charge >= 0.3 is 25.5 Å². The highest BCUT2D eigenvalue weighted by atomic mass is 31.2. The van der Waals surface area contributed by atoms with E-state index in [2.05, 4.69) is 10.6 Å². The maximum absolute atomic E-state index is 13.6. The Morgan fingerprint density at radius 3 is 1.84 bits per heavy atom. The van der Waals surface area contributed by atoms with E-state index in [1.807, 2.05) is 54.6 Å². The van der Waals surface area contributed by atoms with Crippen LogP contribution in [0.3, 0.4) is 0 Å². The van der Waals surface area contributed by atoms with E-state index >= 15 is 0 Å². The Balaban J connectivity index is 2.18. The van der Waals surface area contributed by atoms with E-state index in [1.165, 1.54) is 0 Å². The molecule has 0 fully saturated rings. The highest BCUT2D eigenvalue weighted by Crippen LogP contribution is 2.47. The first kappa shape index (κ1) is 36.6. The number of hydrogen-bond donors (Lipinski definition) is 2. The fourth-order valence-corrected chi connectivity index (χ4v) is 4.74. The minimum Gasteiger partial charge on any atom is -0.466 e. The van der Waals surface area contributed by atoms with Gasteiger partial charge in [-0.25, -0.2) is 0 Å². The van der Waals surface area contributed by atoms with Crippen molar-refractivity contribution in [1.82, 2.24) is 10.6 Å². The average molecular weight is 635 g/mol. The molecule has 0 bridgehead atoms. The SMILES string of the molecule is CCOC(=O)CCNC(=O)C(Cc1ccc(-c2ccccc2)cc1)NCP(=O)(OCOC(=O)C(C)C)OCOC(=O)C(C)C. The normalized spacial score (nSPS) is 12.1. The first-order valence-corrected chi connectivity index (χ1v) is 16.2.